The summed E-state index contributed by atoms with van der Waals surface area (Å²) in [6, 6.07) is 14.1. The highest BCUT2D eigenvalue weighted by atomic mass is 19.4. The van der Waals surface area contributed by atoms with Gasteiger partial charge in [-0.25, -0.2) is 0 Å². The first-order valence-corrected chi connectivity index (χ1v) is 9.58. The van der Waals surface area contributed by atoms with Gasteiger partial charge in [-0.2, -0.15) is 0 Å². The van der Waals surface area contributed by atoms with Crippen molar-refractivity contribution in [3.8, 4) is 5.75 Å². The highest BCUT2D eigenvalue weighted by Crippen LogP contribution is 2.32. The summed E-state index contributed by atoms with van der Waals surface area (Å²) >= 11 is 0. The molecular weight excluding hydrogens is 395 g/mol. The molecule has 0 saturated carbocycles. The van der Waals surface area contributed by atoms with Crippen LogP contribution in [0, 0.1) is 0 Å². The van der Waals surface area contributed by atoms with E-state index in [2.05, 4.69) is 9.72 Å². The Hall–Kier alpha value is -3.42. The topological polar surface area (TPSA) is 50.3 Å². The molecule has 30 heavy (non-hydrogen) atoms. The molecule has 5 rings (SSSR count). The monoisotopic (exact) mass is 413 g/mol. The van der Waals surface area contributed by atoms with Crippen LogP contribution in [0.4, 0.5) is 13.2 Å². The lowest BCUT2D eigenvalue weighted by Crippen LogP contribution is -2.37. The number of hydrogen-bond donors (Lipinski definition) is 1. The third-order valence-corrected chi connectivity index (χ3v) is 5.52. The molecule has 0 saturated heterocycles. The van der Waals surface area contributed by atoms with Gasteiger partial charge in [0.05, 0.1) is 0 Å². The first-order chi connectivity index (χ1) is 14.4. The van der Waals surface area contributed by atoms with Gasteiger partial charge in [-0.15, -0.1) is 13.2 Å². The molecule has 1 aliphatic heterocycles. The predicted octanol–water partition coefficient (Wildman–Crippen LogP) is 4.61. The van der Waals surface area contributed by atoms with E-state index in [0.717, 1.165) is 27.7 Å². The van der Waals surface area contributed by atoms with Crippen LogP contribution in [0.25, 0.3) is 21.8 Å². The predicted molar refractivity (Wildman–Crippen MR) is 106 cm³/mol. The highest BCUT2D eigenvalue weighted by Gasteiger charge is 2.31. The standard InChI is InChI=1S/C22H18F3N3O2/c23-22(24,25)30-15-5-6-18-16(11-15)17-12-28(10-8-19(17)26-18)21(29)13-27-9-7-14-3-1-2-4-20(14)27/h1-7,9,11,26H,8,10,12-13H2. The zero-order chi connectivity index (χ0) is 20.9. The van der Waals surface area contributed by atoms with Gasteiger partial charge >= 0.3 is 6.36 Å². The van der Waals surface area contributed by atoms with Crippen molar-refractivity contribution in [3.05, 3.63) is 66.0 Å². The first kappa shape index (κ1) is 18.6. The van der Waals surface area contributed by atoms with E-state index in [1.807, 2.05) is 41.1 Å². The van der Waals surface area contributed by atoms with Gasteiger partial charge < -0.3 is 19.2 Å². The summed E-state index contributed by atoms with van der Waals surface area (Å²) in [4.78, 5) is 18.0. The minimum absolute atomic E-state index is 0.0287. The number of nitrogens with one attached hydrogen (secondary N) is 1. The Balaban J connectivity index is 1.40. The number of nitrogens with zero attached hydrogens (tertiary/aromatic N) is 2. The van der Waals surface area contributed by atoms with E-state index in [9.17, 15) is 18.0 Å². The van der Waals surface area contributed by atoms with E-state index in [1.54, 1.807) is 11.0 Å². The molecule has 3 heterocycles. The van der Waals surface area contributed by atoms with Crippen LogP contribution in [-0.4, -0.2) is 33.3 Å². The Morgan fingerprint density at radius 3 is 2.80 bits per heavy atom. The third-order valence-electron chi connectivity index (χ3n) is 5.52. The molecule has 0 bridgehead atoms. The van der Waals surface area contributed by atoms with Gasteiger partial charge in [0.1, 0.15) is 12.3 Å². The molecular formula is C22H18F3N3O2. The summed E-state index contributed by atoms with van der Waals surface area (Å²) in [5, 5.41) is 1.72. The summed E-state index contributed by atoms with van der Waals surface area (Å²) in [6.07, 6.45) is -2.23. The summed E-state index contributed by atoms with van der Waals surface area (Å²) in [5.41, 5.74) is 3.52. The average Bonchev–Trinajstić information content (AvgIpc) is 3.27. The van der Waals surface area contributed by atoms with Crippen molar-refractivity contribution in [3.63, 3.8) is 0 Å². The number of para-hydroxylation sites is 1. The molecule has 1 amide bonds. The molecule has 5 nitrogen and oxygen atoms in total. The SMILES string of the molecule is O=C(Cn1ccc2ccccc21)N1CCc2[nH]c3ccc(OC(F)(F)F)cc3c2C1. The second-order valence-corrected chi connectivity index (χ2v) is 7.41. The number of halogens is 3. The maximum Gasteiger partial charge on any atom is 0.573 e. The molecule has 0 unspecified atom stereocenters. The van der Waals surface area contributed by atoms with Gasteiger partial charge in [0.25, 0.3) is 0 Å². The number of ether oxygens (including phenoxy) is 1. The highest BCUT2D eigenvalue weighted by molar-refractivity contribution is 5.88. The Morgan fingerprint density at radius 2 is 1.97 bits per heavy atom. The Kier molecular flexibility index (Phi) is 4.23. The molecule has 0 spiro atoms. The summed E-state index contributed by atoms with van der Waals surface area (Å²) in [6.45, 7) is 1.13. The molecule has 4 aromatic rings. The van der Waals surface area contributed by atoms with Crippen molar-refractivity contribution in [1.29, 1.82) is 0 Å². The Labute approximate surface area is 169 Å². The quantitative estimate of drug-likeness (QED) is 0.534. The summed E-state index contributed by atoms with van der Waals surface area (Å²) in [7, 11) is 0. The number of fused-ring (bicyclic) bond motifs is 4. The zero-order valence-corrected chi connectivity index (χ0v) is 15.9. The van der Waals surface area contributed by atoms with Crippen LogP contribution in [-0.2, 0) is 24.3 Å². The molecule has 0 fully saturated rings. The number of rotatable bonds is 3. The molecule has 2 aromatic heterocycles. The fourth-order valence-electron chi connectivity index (χ4n) is 4.13. The number of alkyl halides is 3. The van der Waals surface area contributed by atoms with Crippen molar-refractivity contribution >= 4 is 27.7 Å². The number of carbonyl (C=O) groups excluding carboxylic acids is 1. The molecule has 0 radical (unpaired) electrons. The van der Waals surface area contributed by atoms with Crippen LogP contribution in [0.3, 0.4) is 0 Å². The number of aromatic nitrogens is 2. The smallest absolute Gasteiger partial charge is 0.406 e. The van der Waals surface area contributed by atoms with Crippen LogP contribution in [0.5, 0.6) is 5.75 Å². The maximum absolute atomic E-state index is 13.0. The van der Waals surface area contributed by atoms with E-state index in [0.29, 0.717) is 24.9 Å². The van der Waals surface area contributed by atoms with E-state index < -0.39 is 6.36 Å². The molecule has 8 heteroatoms. The summed E-state index contributed by atoms with van der Waals surface area (Å²) < 4.78 is 43.7. The number of aromatic amines is 1. The first-order valence-electron chi connectivity index (χ1n) is 9.58. The third kappa shape index (κ3) is 3.38. The van der Waals surface area contributed by atoms with Crippen LogP contribution in [0.1, 0.15) is 11.3 Å². The van der Waals surface area contributed by atoms with Crippen molar-refractivity contribution < 1.29 is 22.7 Å². The number of benzene rings is 2. The maximum atomic E-state index is 13.0. The van der Waals surface area contributed by atoms with Gasteiger partial charge in [0.15, 0.2) is 0 Å². The van der Waals surface area contributed by atoms with Crippen LogP contribution in [0.2, 0.25) is 0 Å². The Morgan fingerprint density at radius 1 is 1.13 bits per heavy atom. The van der Waals surface area contributed by atoms with Gasteiger partial charge in [-0.3, -0.25) is 4.79 Å². The largest absolute Gasteiger partial charge is 0.573 e. The van der Waals surface area contributed by atoms with E-state index >= 15 is 0 Å². The molecule has 1 N–H and O–H groups in total. The molecule has 154 valence electrons. The van der Waals surface area contributed by atoms with Gasteiger partial charge in [-0.1, -0.05) is 18.2 Å². The molecule has 0 atom stereocenters. The van der Waals surface area contributed by atoms with Gasteiger partial charge in [0, 0.05) is 53.4 Å². The van der Waals surface area contributed by atoms with Gasteiger partial charge in [-0.05, 0) is 35.7 Å². The lowest BCUT2D eigenvalue weighted by atomic mass is 10.0. The molecule has 1 aliphatic rings. The van der Waals surface area contributed by atoms with Crippen LogP contribution >= 0.6 is 0 Å². The van der Waals surface area contributed by atoms with Crippen LogP contribution in [0.15, 0.2) is 54.7 Å². The number of hydrogen-bond acceptors (Lipinski definition) is 2. The van der Waals surface area contributed by atoms with Crippen molar-refractivity contribution in [1.82, 2.24) is 14.5 Å². The van der Waals surface area contributed by atoms with E-state index in [4.69, 9.17) is 0 Å². The van der Waals surface area contributed by atoms with Crippen molar-refractivity contribution in [2.45, 2.75) is 25.9 Å². The second kappa shape index (κ2) is 6.83. The second-order valence-electron chi connectivity index (χ2n) is 7.41. The van der Waals surface area contributed by atoms with E-state index in [-0.39, 0.29) is 18.2 Å². The number of H-pyrrole nitrogens is 1. The van der Waals surface area contributed by atoms with Crippen molar-refractivity contribution in [2.75, 3.05) is 6.54 Å². The summed E-state index contributed by atoms with van der Waals surface area (Å²) in [5.74, 6) is -0.293. The minimum atomic E-state index is -4.74. The fraction of sp³-hybridized carbons (Fsp3) is 0.227. The lowest BCUT2D eigenvalue weighted by molar-refractivity contribution is -0.274. The molecule has 2 aromatic carbocycles. The van der Waals surface area contributed by atoms with Crippen molar-refractivity contribution in [2.24, 2.45) is 0 Å². The fourth-order valence-corrected chi connectivity index (χ4v) is 4.13. The Bertz CT molecular complexity index is 1260. The lowest BCUT2D eigenvalue weighted by Gasteiger charge is -2.27. The number of carbonyl (C=O) groups is 1. The van der Waals surface area contributed by atoms with Crippen LogP contribution < -0.4 is 4.74 Å². The zero-order valence-electron chi connectivity index (χ0n) is 15.9. The minimum Gasteiger partial charge on any atom is -0.406 e. The molecule has 0 aliphatic carbocycles. The van der Waals surface area contributed by atoms with E-state index in [1.165, 1.54) is 12.1 Å². The number of amides is 1. The average molecular weight is 413 g/mol. The normalized spacial score (nSPS) is 14.3. The van der Waals surface area contributed by atoms with Gasteiger partial charge in [0.2, 0.25) is 5.91 Å².